The number of ether oxygens (including phenoxy) is 3. The molecule has 0 aliphatic carbocycles. The van der Waals surface area contributed by atoms with Crippen molar-refractivity contribution in [2.45, 2.75) is 64.3 Å². The molecule has 0 aromatic heterocycles. The Morgan fingerprint density at radius 1 is 0.757 bits per heavy atom. The van der Waals surface area contributed by atoms with Crippen molar-refractivity contribution in [3.63, 3.8) is 0 Å². The molecule has 0 saturated heterocycles. The van der Waals surface area contributed by atoms with E-state index in [9.17, 15) is 4.79 Å². The van der Waals surface area contributed by atoms with E-state index in [2.05, 4.69) is 43.1 Å². The van der Waals surface area contributed by atoms with E-state index in [1.54, 1.807) is 0 Å². The van der Waals surface area contributed by atoms with Gasteiger partial charge in [-0.15, -0.1) is 0 Å². The summed E-state index contributed by atoms with van der Waals surface area (Å²) in [7, 11) is 2.11. The Hall–Kier alpha value is -2.83. The van der Waals surface area contributed by atoms with Gasteiger partial charge in [0.2, 0.25) is 0 Å². The van der Waals surface area contributed by atoms with Crippen LogP contribution >= 0.6 is 0 Å². The first-order chi connectivity index (χ1) is 18.2. The number of unbranched alkanes of at least 4 members (excludes halogenated alkanes) is 1. The van der Waals surface area contributed by atoms with Gasteiger partial charge in [0.05, 0.1) is 38.6 Å². The highest BCUT2D eigenvalue weighted by Crippen LogP contribution is 2.21. The quantitative estimate of drug-likeness (QED) is 0.197. The first-order valence-corrected chi connectivity index (χ1v) is 13.3. The van der Waals surface area contributed by atoms with E-state index in [0.717, 1.165) is 42.4 Å². The molecule has 0 radical (unpaired) electrons. The molecule has 3 unspecified atom stereocenters. The second kappa shape index (κ2) is 16.8. The van der Waals surface area contributed by atoms with Crippen molar-refractivity contribution < 1.29 is 19.0 Å². The van der Waals surface area contributed by atoms with Crippen molar-refractivity contribution in [1.82, 2.24) is 4.90 Å². The normalized spacial score (nSPS) is 13.8. The standard InChI is InChI=1S/C32H41NO4/c1-3-4-21-33(2)30(26-35-23-27-14-8-5-9-15-27)32(37-25-29-18-12-7-13-19-29)31(20-22-34)36-24-28-16-10-6-11-17-28/h5-19,22,30-32H,3-4,20-21,23-26H2,1-2H3. The van der Waals surface area contributed by atoms with Gasteiger partial charge < -0.3 is 19.0 Å². The second-order valence-corrected chi connectivity index (χ2v) is 9.40. The smallest absolute Gasteiger partial charge is 0.122 e. The Morgan fingerprint density at radius 3 is 1.78 bits per heavy atom. The van der Waals surface area contributed by atoms with Crippen molar-refractivity contribution in [2.75, 3.05) is 20.2 Å². The highest BCUT2D eigenvalue weighted by Gasteiger charge is 2.34. The van der Waals surface area contributed by atoms with Gasteiger partial charge in [0.25, 0.3) is 0 Å². The SMILES string of the molecule is CCCCN(C)C(COCc1ccccc1)C(OCc1ccccc1)C(CC=O)OCc1ccccc1. The second-order valence-electron chi connectivity index (χ2n) is 9.40. The minimum Gasteiger partial charge on any atom is -0.375 e. The lowest BCUT2D eigenvalue weighted by Crippen LogP contribution is -2.52. The van der Waals surface area contributed by atoms with E-state index in [4.69, 9.17) is 14.2 Å². The van der Waals surface area contributed by atoms with E-state index in [-0.39, 0.29) is 18.6 Å². The number of hydrogen-bond donors (Lipinski definition) is 0. The van der Waals surface area contributed by atoms with Crippen LogP contribution in [-0.4, -0.2) is 49.6 Å². The summed E-state index contributed by atoms with van der Waals surface area (Å²) in [6.07, 6.45) is 2.59. The summed E-state index contributed by atoms with van der Waals surface area (Å²) in [5.74, 6) is 0. The van der Waals surface area contributed by atoms with Crippen LogP contribution in [0.25, 0.3) is 0 Å². The van der Waals surface area contributed by atoms with Gasteiger partial charge >= 0.3 is 0 Å². The average molecular weight is 504 g/mol. The van der Waals surface area contributed by atoms with Crippen LogP contribution in [-0.2, 0) is 38.8 Å². The Morgan fingerprint density at radius 2 is 1.27 bits per heavy atom. The van der Waals surface area contributed by atoms with E-state index in [1.165, 1.54) is 0 Å². The summed E-state index contributed by atoms with van der Waals surface area (Å²) in [5, 5.41) is 0. The van der Waals surface area contributed by atoms with Gasteiger partial charge in [0.1, 0.15) is 12.4 Å². The Balaban J connectivity index is 1.81. The van der Waals surface area contributed by atoms with Crippen molar-refractivity contribution in [1.29, 1.82) is 0 Å². The third kappa shape index (κ3) is 10.2. The summed E-state index contributed by atoms with van der Waals surface area (Å²) in [5.41, 5.74) is 3.28. The summed E-state index contributed by atoms with van der Waals surface area (Å²) < 4.78 is 19.2. The molecule has 0 spiro atoms. The molecule has 0 N–H and O–H groups in total. The fourth-order valence-electron chi connectivity index (χ4n) is 4.32. The third-order valence-electron chi connectivity index (χ3n) is 6.50. The van der Waals surface area contributed by atoms with Gasteiger partial charge in [-0.1, -0.05) is 104 Å². The van der Waals surface area contributed by atoms with E-state index >= 15 is 0 Å². The first-order valence-electron chi connectivity index (χ1n) is 13.3. The Bertz CT molecular complexity index is 983. The summed E-state index contributed by atoms with van der Waals surface area (Å²) in [4.78, 5) is 14.1. The van der Waals surface area contributed by atoms with Gasteiger partial charge in [-0.2, -0.15) is 0 Å². The van der Waals surface area contributed by atoms with Gasteiger partial charge in [0, 0.05) is 6.42 Å². The first kappa shape index (κ1) is 28.7. The molecule has 3 atom stereocenters. The predicted molar refractivity (Wildman–Crippen MR) is 148 cm³/mol. The number of benzene rings is 3. The van der Waals surface area contributed by atoms with Gasteiger partial charge in [0.15, 0.2) is 0 Å². The zero-order valence-corrected chi connectivity index (χ0v) is 22.2. The zero-order chi connectivity index (χ0) is 26.1. The lowest BCUT2D eigenvalue weighted by molar-refractivity contribution is -0.137. The van der Waals surface area contributed by atoms with Crippen molar-refractivity contribution in [2.24, 2.45) is 0 Å². The van der Waals surface area contributed by atoms with Gasteiger partial charge in [-0.25, -0.2) is 0 Å². The number of carbonyl (C=O) groups is 1. The molecule has 5 nitrogen and oxygen atoms in total. The molecule has 0 fully saturated rings. The topological polar surface area (TPSA) is 48.0 Å². The number of rotatable bonds is 18. The van der Waals surface area contributed by atoms with E-state index < -0.39 is 6.10 Å². The predicted octanol–water partition coefficient (Wildman–Crippen LogP) is 6.06. The van der Waals surface area contributed by atoms with Crippen LogP contribution in [0.4, 0.5) is 0 Å². The fourth-order valence-corrected chi connectivity index (χ4v) is 4.32. The minimum atomic E-state index is -0.407. The minimum absolute atomic E-state index is 0.0836. The summed E-state index contributed by atoms with van der Waals surface area (Å²) >= 11 is 0. The average Bonchev–Trinajstić information content (AvgIpc) is 2.95. The molecule has 3 rings (SSSR count). The molecule has 0 heterocycles. The van der Waals surface area contributed by atoms with Crippen LogP contribution in [0, 0.1) is 0 Å². The summed E-state index contributed by atoms with van der Waals surface area (Å²) in [6, 6.07) is 30.3. The molecule has 0 aliphatic heterocycles. The van der Waals surface area contributed by atoms with Crippen LogP contribution in [0.3, 0.4) is 0 Å². The fraction of sp³-hybridized carbons (Fsp3) is 0.406. The molecular formula is C32H41NO4. The van der Waals surface area contributed by atoms with Crippen molar-refractivity contribution >= 4 is 6.29 Å². The van der Waals surface area contributed by atoms with Crippen molar-refractivity contribution in [3.05, 3.63) is 108 Å². The molecule has 3 aromatic carbocycles. The number of carbonyl (C=O) groups excluding carboxylic acids is 1. The molecular weight excluding hydrogens is 462 g/mol. The van der Waals surface area contributed by atoms with Crippen LogP contribution < -0.4 is 0 Å². The lowest BCUT2D eigenvalue weighted by Gasteiger charge is -2.38. The Kier molecular flexibility index (Phi) is 13.1. The maximum absolute atomic E-state index is 11.8. The van der Waals surface area contributed by atoms with E-state index in [0.29, 0.717) is 26.4 Å². The van der Waals surface area contributed by atoms with Crippen LogP contribution in [0.15, 0.2) is 91.0 Å². The van der Waals surface area contributed by atoms with Crippen LogP contribution in [0.1, 0.15) is 42.9 Å². The largest absolute Gasteiger partial charge is 0.375 e. The monoisotopic (exact) mass is 503 g/mol. The van der Waals surface area contributed by atoms with Crippen molar-refractivity contribution in [3.8, 4) is 0 Å². The molecule has 0 aliphatic rings. The number of nitrogens with zero attached hydrogens (tertiary/aromatic N) is 1. The number of hydrogen-bond acceptors (Lipinski definition) is 5. The zero-order valence-electron chi connectivity index (χ0n) is 22.2. The lowest BCUT2D eigenvalue weighted by atomic mass is 10.0. The van der Waals surface area contributed by atoms with Gasteiger partial charge in [-0.05, 0) is 36.7 Å². The van der Waals surface area contributed by atoms with Gasteiger partial charge in [-0.3, -0.25) is 4.90 Å². The highest BCUT2D eigenvalue weighted by molar-refractivity contribution is 5.50. The number of likely N-dealkylation sites (N-methyl/N-ethyl adjacent to an activating group) is 1. The summed E-state index contributed by atoms with van der Waals surface area (Å²) in [6.45, 7) is 4.95. The van der Waals surface area contributed by atoms with Crippen LogP contribution in [0.5, 0.6) is 0 Å². The molecule has 0 amide bonds. The molecule has 0 saturated carbocycles. The number of aldehydes is 1. The van der Waals surface area contributed by atoms with Crippen LogP contribution in [0.2, 0.25) is 0 Å². The molecule has 5 heteroatoms. The Labute approximate surface area is 222 Å². The maximum atomic E-state index is 11.8. The molecule has 3 aromatic rings. The third-order valence-corrected chi connectivity index (χ3v) is 6.50. The molecule has 0 bridgehead atoms. The maximum Gasteiger partial charge on any atom is 0.122 e. The molecule has 198 valence electrons. The van der Waals surface area contributed by atoms with E-state index in [1.807, 2.05) is 66.7 Å². The highest BCUT2D eigenvalue weighted by atomic mass is 16.5. The molecule has 37 heavy (non-hydrogen) atoms.